The summed E-state index contributed by atoms with van der Waals surface area (Å²) in [6, 6.07) is 10.2. The zero-order valence-corrected chi connectivity index (χ0v) is 17.3. The number of rotatable bonds is 3. The van der Waals surface area contributed by atoms with Crippen molar-refractivity contribution in [2.24, 2.45) is 0 Å². The molecule has 2 aromatic heterocycles. The first-order valence-corrected chi connectivity index (χ1v) is 9.57. The van der Waals surface area contributed by atoms with Crippen LogP contribution in [0.5, 0.6) is 0 Å². The highest BCUT2D eigenvalue weighted by molar-refractivity contribution is 5.95. The van der Waals surface area contributed by atoms with E-state index in [1.165, 1.54) is 19.1 Å². The number of halogens is 1. The van der Waals surface area contributed by atoms with Gasteiger partial charge in [-0.15, -0.1) is 0 Å². The van der Waals surface area contributed by atoms with Gasteiger partial charge >= 0.3 is 0 Å². The molecule has 0 saturated carbocycles. The summed E-state index contributed by atoms with van der Waals surface area (Å²) < 4.78 is 16.8. The lowest BCUT2D eigenvalue weighted by Crippen LogP contribution is -2.22. The number of nitrogens with zero attached hydrogens (tertiary/aromatic N) is 4. The van der Waals surface area contributed by atoms with E-state index < -0.39 is 5.82 Å². The Balaban J connectivity index is 1.97. The summed E-state index contributed by atoms with van der Waals surface area (Å²) in [5.41, 5.74) is 9.22. The second-order valence-electron chi connectivity index (χ2n) is 8.23. The fraction of sp³-hybridized carbons (Fsp3) is 0.217. The van der Waals surface area contributed by atoms with E-state index in [1.807, 2.05) is 43.5 Å². The quantitative estimate of drug-likeness (QED) is 0.495. The van der Waals surface area contributed by atoms with E-state index >= 15 is 0 Å². The van der Waals surface area contributed by atoms with Gasteiger partial charge in [0.15, 0.2) is 5.78 Å². The molecule has 2 heterocycles. The number of carbonyl (C=O) groups excluding carboxylic acids is 1. The third-order valence-electron chi connectivity index (χ3n) is 4.94. The molecular weight excluding hydrogens is 381 g/mol. The molecule has 0 radical (unpaired) electrons. The molecule has 152 valence electrons. The fourth-order valence-electron chi connectivity index (χ4n) is 3.52. The minimum atomic E-state index is -0.423. The molecule has 4 rings (SSSR count). The third-order valence-corrected chi connectivity index (χ3v) is 4.94. The van der Waals surface area contributed by atoms with Crippen LogP contribution >= 0.6 is 0 Å². The molecule has 6 nitrogen and oxygen atoms in total. The van der Waals surface area contributed by atoms with Crippen molar-refractivity contribution in [1.29, 1.82) is 0 Å². The monoisotopic (exact) mass is 403 g/mol. The average Bonchev–Trinajstić information content (AvgIpc) is 3.07. The Hall–Kier alpha value is -3.61. The van der Waals surface area contributed by atoms with Crippen molar-refractivity contribution in [2.45, 2.75) is 33.2 Å². The summed E-state index contributed by atoms with van der Waals surface area (Å²) >= 11 is 0. The Kier molecular flexibility index (Phi) is 4.61. The van der Waals surface area contributed by atoms with Gasteiger partial charge < -0.3 is 10.3 Å². The maximum Gasteiger partial charge on any atom is 0.219 e. The summed E-state index contributed by atoms with van der Waals surface area (Å²) in [6.45, 7) is 7.56. The summed E-state index contributed by atoms with van der Waals surface area (Å²) in [4.78, 5) is 24.7. The number of carbonyl (C=O) groups is 1. The number of nitrogens with two attached hydrogens (primary N) is 1. The van der Waals surface area contributed by atoms with E-state index in [9.17, 15) is 9.18 Å². The van der Waals surface area contributed by atoms with Crippen molar-refractivity contribution < 1.29 is 9.18 Å². The minimum Gasteiger partial charge on any atom is -0.368 e. The first-order chi connectivity index (χ1) is 14.1. The zero-order chi connectivity index (χ0) is 21.6. The molecule has 4 aromatic rings. The van der Waals surface area contributed by atoms with Crippen LogP contribution in [-0.4, -0.2) is 25.3 Å². The van der Waals surface area contributed by atoms with Crippen LogP contribution in [0.4, 0.5) is 10.3 Å². The van der Waals surface area contributed by atoms with E-state index in [1.54, 1.807) is 18.5 Å². The molecule has 0 bridgehead atoms. The van der Waals surface area contributed by atoms with Gasteiger partial charge in [0.05, 0.1) is 16.6 Å². The van der Waals surface area contributed by atoms with Gasteiger partial charge in [-0.05, 0) is 63.6 Å². The Labute approximate surface area is 173 Å². The second kappa shape index (κ2) is 7.02. The first kappa shape index (κ1) is 19.7. The zero-order valence-electron chi connectivity index (χ0n) is 17.3. The fourth-order valence-corrected chi connectivity index (χ4v) is 3.52. The third kappa shape index (κ3) is 3.43. The van der Waals surface area contributed by atoms with E-state index in [0.29, 0.717) is 22.5 Å². The van der Waals surface area contributed by atoms with Crippen LogP contribution in [0.25, 0.3) is 33.5 Å². The second-order valence-corrected chi connectivity index (χ2v) is 8.23. The number of fused-ring (bicyclic) bond motifs is 1. The summed E-state index contributed by atoms with van der Waals surface area (Å²) in [5, 5.41) is 0. The number of ketones is 1. The van der Waals surface area contributed by atoms with Crippen molar-refractivity contribution in [3.63, 3.8) is 0 Å². The molecule has 7 heteroatoms. The minimum absolute atomic E-state index is 0.125. The number of hydrogen-bond acceptors (Lipinski definition) is 5. The summed E-state index contributed by atoms with van der Waals surface area (Å²) in [7, 11) is 0. The van der Waals surface area contributed by atoms with Crippen molar-refractivity contribution in [1.82, 2.24) is 19.5 Å². The van der Waals surface area contributed by atoms with Gasteiger partial charge in [-0.25, -0.2) is 19.3 Å². The van der Waals surface area contributed by atoms with Gasteiger partial charge in [0.2, 0.25) is 5.95 Å². The largest absolute Gasteiger partial charge is 0.368 e. The molecular formula is C23H22FN5O. The molecule has 2 aromatic carbocycles. The van der Waals surface area contributed by atoms with Gasteiger partial charge in [0.25, 0.3) is 0 Å². The molecule has 0 aliphatic heterocycles. The van der Waals surface area contributed by atoms with Crippen LogP contribution < -0.4 is 5.73 Å². The van der Waals surface area contributed by atoms with Gasteiger partial charge in [-0.1, -0.05) is 6.07 Å². The molecule has 0 spiro atoms. The van der Waals surface area contributed by atoms with Crippen molar-refractivity contribution in [3.05, 3.63) is 60.2 Å². The van der Waals surface area contributed by atoms with Gasteiger partial charge in [-0.2, -0.15) is 0 Å². The highest BCUT2D eigenvalue weighted by Gasteiger charge is 2.25. The van der Waals surface area contributed by atoms with Crippen molar-refractivity contribution in [2.75, 3.05) is 5.73 Å². The van der Waals surface area contributed by atoms with Gasteiger partial charge in [0, 0.05) is 29.1 Å². The number of benzene rings is 2. The number of Topliss-reactive ketones (excluding diaryl/α,β-unsaturated/α-hetero) is 1. The van der Waals surface area contributed by atoms with Crippen molar-refractivity contribution in [3.8, 4) is 22.5 Å². The van der Waals surface area contributed by atoms with Crippen LogP contribution in [0.15, 0.2) is 48.8 Å². The number of hydrogen-bond donors (Lipinski definition) is 1. The van der Waals surface area contributed by atoms with Crippen LogP contribution in [0.1, 0.15) is 38.1 Å². The first-order valence-electron chi connectivity index (χ1n) is 9.57. The van der Waals surface area contributed by atoms with E-state index in [2.05, 4.69) is 9.97 Å². The lowest BCUT2D eigenvalue weighted by Gasteiger charge is -2.25. The Morgan fingerprint density at radius 2 is 1.73 bits per heavy atom. The smallest absolute Gasteiger partial charge is 0.219 e. The molecule has 0 saturated heterocycles. The summed E-state index contributed by atoms with van der Waals surface area (Å²) in [5.74, 6) is 0.136. The normalized spacial score (nSPS) is 11.8. The SMILES string of the molecule is CC(=O)c1ccc(F)c(-c2nc3cc(-c4cnc(N)nc4)ccc3n2C(C)(C)C)c1. The lowest BCUT2D eigenvalue weighted by molar-refractivity contribution is 0.101. The number of nitrogen functional groups attached to an aromatic ring is 1. The Bertz CT molecular complexity index is 1270. The predicted octanol–water partition coefficient (Wildman–Crippen LogP) is 4.84. The standard InChI is InChI=1S/C23H22FN5O/c1-13(30)14-5-7-18(24)17(9-14)21-28-19-10-15(16-11-26-22(25)27-12-16)6-8-20(19)29(21)23(2,3)4/h5-12H,1-4H3,(H2,25,26,27). The highest BCUT2D eigenvalue weighted by Crippen LogP contribution is 2.34. The predicted molar refractivity (Wildman–Crippen MR) is 116 cm³/mol. The molecule has 0 aliphatic rings. The molecule has 0 aliphatic carbocycles. The molecule has 0 unspecified atom stereocenters. The van der Waals surface area contributed by atoms with Crippen LogP contribution in [0.3, 0.4) is 0 Å². The molecule has 2 N–H and O–H groups in total. The highest BCUT2D eigenvalue weighted by atomic mass is 19.1. The maximum atomic E-state index is 14.8. The lowest BCUT2D eigenvalue weighted by atomic mass is 10.0. The average molecular weight is 403 g/mol. The van der Waals surface area contributed by atoms with E-state index in [4.69, 9.17) is 10.7 Å². The van der Waals surface area contributed by atoms with E-state index in [-0.39, 0.29) is 17.3 Å². The van der Waals surface area contributed by atoms with Crippen LogP contribution in [0.2, 0.25) is 0 Å². The number of anilines is 1. The number of aromatic nitrogens is 4. The number of imidazole rings is 1. The van der Waals surface area contributed by atoms with Crippen molar-refractivity contribution >= 4 is 22.8 Å². The Morgan fingerprint density at radius 3 is 2.37 bits per heavy atom. The van der Waals surface area contributed by atoms with Crippen LogP contribution in [0, 0.1) is 5.82 Å². The molecule has 30 heavy (non-hydrogen) atoms. The van der Waals surface area contributed by atoms with Crippen LogP contribution in [-0.2, 0) is 5.54 Å². The summed E-state index contributed by atoms with van der Waals surface area (Å²) in [6.07, 6.45) is 3.31. The molecule has 0 fully saturated rings. The molecule has 0 atom stereocenters. The van der Waals surface area contributed by atoms with Gasteiger partial charge in [-0.3, -0.25) is 4.79 Å². The molecule has 0 amide bonds. The van der Waals surface area contributed by atoms with Gasteiger partial charge in [0.1, 0.15) is 11.6 Å². The topological polar surface area (TPSA) is 86.7 Å². The maximum absolute atomic E-state index is 14.8. The van der Waals surface area contributed by atoms with E-state index in [0.717, 1.165) is 16.6 Å². The Morgan fingerprint density at radius 1 is 1.03 bits per heavy atom.